The first-order valence-corrected chi connectivity index (χ1v) is 6.62. The molecule has 2 heterocycles. The van der Waals surface area contributed by atoms with Crippen LogP contribution in [0, 0.1) is 6.92 Å². The number of ether oxygens (including phenoxy) is 1. The Morgan fingerprint density at radius 1 is 1.35 bits per heavy atom. The number of fused-ring (bicyclic) bond motifs is 1. The van der Waals surface area contributed by atoms with Gasteiger partial charge in [0.15, 0.2) is 0 Å². The second-order valence-electron chi connectivity index (χ2n) is 4.92. The number of carbonyl (C=O) groups is 1. The number of carboxylic acid groups (broad SMARTS) is 1. The van der Waals surface area contributed by atoms with E-state index in [9.17, 15) is 9.90 Å². The molecule has 1 aromatic carbocycles. The zero-order valence-corrected chi connectivity index (χ0v) is 11.3. The standard InChI is InChI=1S/C15H16N2O3/c1-10-8-13-12(11(15(18)19)2-3-16-13)9-14(10)17-4-6-20-7-5-17/h2-3,8-9H,4-7H2,1H3,(H,18,19). The van der Waals surface area contributed by atoms with Crippen molar-refractivity contribution in [2.75, 3.05) is 31.2 Å². The molecule has 1 N–H and O–H groups in total. The van der Waals surface area contributed by atoms with Crippen LogP contribution in [0.25, 0.3) is 10.9 Å². The summed E-state index contributed by atoms with van der Waals surface area (Å²) >= 11 is 0. The Hall–Kier alpha value is -2.14. The molecule has 0 saturated carbocycles. The molecular formula is C15H16N2O3. The third-order valence-electron chi connectivity index (χ3n) is 3.64. The summed E-state index contributed by atoms with van der Waals surface area (Å²) in [6, 6.07) is 5.43. The van der Waals surface area contributed by atoms with Gasteiger partial charge >= 0.3 is 5.97 Å². The van der Waals surface area contributed by atoms with Crippen molar-refractivity contribution in [2.45, 2.75) is 6.92 Å². The first kappa shape index (κ1) is 12.9. The summed E-state index contributed by atoms with van der Waals surface area (Å²) in [6.45, 7) is 5.09. The highest BCUT2D eigenvalue weighted by atomic mass is 16.5. The van der Waals surface area contributed by atoms with Crippen LogP contribution >= 0.6 is 0 Å². The number of hydrogen-bond donors (Lipinski definition) is 1. The topological polar surface area (TPSA) is 62.7 Å². The zero-order chi connectivity index (χ0) is 14.1. The monoisotopic (exact) mass is 272 g/mol. The molecule has 0 aliphatic carbocycles. The molecule has 0 amide bonds. The number of morpholine rings is 1. The van der Waals surface area contributed by atoms with Crippen LogP contribution in [0.5, 0.6) is 0 Å². The van der Waals surface area contributed by atoms with Gasteiger partial charge in [-0.15, -0.1) is 0 Å². The summed E-state index contributed by atoms with van der Waals surface area (Å²) in [7, 11) is 0. The molecule has 1 aliphatic rings. The van der Waals surface area contributed by atoms with Crippen molar-refractivity contribution in [1.82, 2.24) is 4.98 Å². The number of rotatable bonds is 2. The molecule has 1 aromatic heterocycles. The smallest absolute Gasteiger partial charge is 0.336 e. The van der Waals surface area contributed by atoms with Crippen LogP contribution in [0.15, 0.2) is 24.4 Å². The van der Waals surface area contributed by atoms with E-state index >= 15 is 0 Å². The number of nitrogens with zero attached hydrogens (tertiary/aromatic N) is 2. The number of aromatic nitrogens is 1. The van der Waals surface area contributed by atoms with Crippen molar-refractivity contribution < 1.29 is 14.6 Å². The first-order valence-electron chi connectivity index (χ1n) is 6.62. The SMILES string of the molecule is Cc1cc2nccc(C(=O)O)c2cc1N1CCOCC1. The summed E-state index contributed by atoms with van der Waals surface area (Å²) in [5.41, 5.74) is 3.19. The van der Waals surface area contributed by atoms with Crippen LogP contribution in [-0.4, -0.2) is 42.4 Å². The highest BCUT2D eigenvalue weighted by molar-refractivity contribution is 6.03. The van der Waals surface area contributed by atoms with Crippen LogP contribution in [-0.2, 0) is 4.74 Å². The van der Waals surface area contributed by atoms with Crippen molar-refractivity contribution in [3.8, 4) is 0 Å². The van der Waals surface area contributed by atoms with E-state index in [2.05, 4.69) is 9.88 Å². The summed E-state index contributed by atoms with van der Waals surface area (Å²) < 4.78 is 5.36. The molecule has 1 saturated heterocycles. The molecule has 3 rings (SSSR count). The maximum atomic E-state index is 11.3. The van der Waals surface area contributed by atoms with Crippen LogP contribution in [0.1, 0.15) is 15.9 Å². The van der Waals surface area contributed by atoms with Crippen LogP contribution in [0.3, 0.4) is 0 Å². The number of hydrogen-bond acceptors (Lipinski definition) is 4. The predicted octanol–water partition coefficient (Wildman–Crippen LogP) is 2.08. The Labute approximate surface area is 116 Å². The van der Waals surface area contributed by atoms with Gasteiger partial charge in [-0.2, -0.15) is 0 Å². The normalized spacial score (nSPS) is 15.6. The average Bonchev–Trinajstić information content (AvgIpc) is 2.46. The highest BCUT2D eigenvalue weighted by Crippen LogP contribution is 2.28. The quantitative estimate of drug-likeness (QED) is 0.906. The Kier molecular flexibility index (Phi) is 3.28. The van der Waals surface area contributed by atoms with Crippen LogP contribution in [0.2, 0.25) is 0 Å². The van der Waals surface area contributed by atoms with E-state index in [0.717, 1.165) is 29.9 Å². The minimum atomic E-state index is -0.922. The number of aryl methyl sites for hydroxylation is 1. The van der Waals surface area contributed by atoms with Crippen molar-refractivity contribution in [3.05, 3.63) is 35.5 Å². The summed E-state index contributed by atoms with van der Waals surface area (Å²) in [5, 5.41) is 9.98. The van der Waals surface area contributed by atoms with Gasteiger partial charge in [0.2, 0.25) is 0 Å². The molecule has 0 bridgehead atoms. The van der Waals surface area contributed by atoms with Gasteiger partial charge in [-0.3, -0.25) is 4.98 Å². The lowest BCUT2D eigenvalue weighted by Gasteiger charge is -2.30. The van der Waals surface area contributed by atoms with Gasteiger partial charge in [0.25, 0.3) is 0 Å². The van der Waals surface area contributed by atoms with Gasteiger partial charge in [0.05, 0.1) is 24.3 Å². The zero-order valence-electron chi connectivity index (χ0n) is 11.3. The Balaban J connectivity index is 2.15. The molecule has 104 valence electrons. The van der Waals surface area contributed by atoms with Crippen molar-refractivity contribution in [3.63, 3.8) is 0 Å². The molecule has 0 radical (unpaired) electrons. The van der Waals surface area contributed by atoms with E-state index in [-0.39, 0.29) is 0 Å². The molecule has 5 nitrogen and oxygen atoms in total. The third-order valence-corrected chi connectivity index (χ3v) is 3.64. The van der Waals surface area contributed by atoms with E-state index in [1.165, 1.54) is 0 Å². The van der Waals surface area contributed by atoms with Crippen LogP contribution in [0.4, 0.5) is 5.69 Å². The Morgan fingerprint density at radius 2 is 2.10 bits per heavy atom. The average molecular weight is 272 g/mol. The lowest BCUT2D eigenvalue weighted by atomic mass is 10.0. The van der Waals surface area contributed by atoms with Gasteiger partial charge in [-0.1, -0.05) is 0 Å². The van der Waals surface area contributed by atoms with E-state index in [4.69, 9.17) is 4.74 Å². The summed E-state index contributed by atoms with van der Waals surface area (Å²) in [5.74, 6) is -0.922. The second-order valence-corrected chi connectivity index (χ2v) is 4.92. The largest absolute Gasteiger partial charge is 0.478 e. The summed E-state index contributed by atoms with van der Waals surface area (Å²) in [4.78, 5) is 17.8. The van der Waals surface area contributed by atoms with Crippen molar-refractivity contribution in [1.29, 1.82) is 0 Å². The Morgan fingerprint density at radius 3 is 2.80 bits per heavy atom. The molecule has 20 heavy (non-hydrogen) atoms. The minimum Gasteiger partial charge on any atom is -0.478 e. The number of benzene rings is 1. The van der Waals surface area contributed by atoms with Gasteiger partial charge in [-0.05, 0) is 30.7 Å². The molecule has 2 aromatic rings. The molecule has 0 spiro atoms. The molecule has 0 atom stereocenters. The van der Waals surface area contributed by atoms with Gasteiger partial charge in [0.1, 0.15) is 0 Å². The van der Waals surface area contributed by atoms with E-state index in [1.807, 2.05) is 19.1 Å². The minimum absolute atomic E-state index is 0.296. The van der Waals surface area contributed by atoms with Crippen molar-refractivity contribution >= 4 is 22.6 Å². The second kappa shape index (κ2) is 5.09. The lowest BCUT2D eigenvalue weighted by Crippen LogP contribution is -2.36. The maximum Gasteiger partial charge on any atom is 0.336 e. The summed E-state index contributed by atoms with van der Waals surface area (Å²) in [6.07, 6.45) is 1.54. The molecular weight excluding hydrogens is 256 g/mol. The molecule has 5 heteroatoms. The van der Waals surface area contributed by atoms with Gasteiger partial charge in [-0.25, -0.2) is 4.79 Å². The third kappa shape index (κ3) is 2.20. The predicted molar refractivity (Wildman–Crippen MR) is 76.5 cm³/mol. The first-order chi connectivity index (χ1) is 9.66. The van der Waals surface area contributed by atoms with E-state index in [1.54, 1.807) is 12.3 Å². The fourth-order valence-corrected chi connectivity index (χ4v) is 2.62. The van der Waals surface area contributed by atoms with Crippen LogP contribution < -0.4 is 4.90 Å². The fraction of sp³-hybridized carbons (Fsp3) is 0.333. The molecule has 0 unspecified atom stereocenters. The van der Waals surface area contributed by atoms with E-state index < -0.39 is 5.97 Å². The van der Waals surface area contributed by atoms with Gasteiger partial charge in [0, 0.05) is 30.4 Å². The maximum absolute atomic E-state index is 11.3. The lowest BCUT2D eigenvalue weighted by molar-refractivity contribution is 0.0699. The molecule has 1 fully saturated rings. The van der Waals surface area contributed by atoms with Gasteiger partial charge < -0.3 is 14.7 Å². The van der Waals surface area contributed by atoms with E-state index in [0.29, 0.717) is 24.2 Å². The number of carboxylic acids is 1. The number of aromatic carboxylic acids is 1. The van der Waals surface area contributed by atoms with Crippen molar-refractivity contribution in [2.24, 2.45) is 0 Å². The Bertz CT molecular complexity index is 663. The highest BCUT2D eigenvalue weighted by Gasteiger charge is 2.16. The number of pyridine rings is 1. The molecule has 1 aliphatic heterocycles. The fourth-order valence-electron chi connectivity index (χ4n) is 2.62. The number of anilines is 1.